The second-order valence-electron chi connectivity index (χ2n) is 7.47. The summed E-state index contributed by atoms with van der Waals surface area (Å²) in [6.45, 7) is 6.85. The average Bonchev–Trinajstić information content (AvgIpc) is 2.71. The summed E-state index contributed by atoms with van der Waals surface area (Å²) in [7, 11) is 0. The summed E-state index contributed by atoms with van der Waals surface area (Å²) >= 11 is 0. The summed E-state index contributed by atoms with van der Waals surface area (Å²) in [5, 5.41) is 5.63. The minimum absolute atomic E-state index is 0.177. The van der Waals surface area contributed by atoms with Gasteiger partial charge in [0, 0.05) is 6.54 Å². The van der Waals surface area contributed by atoms with Crippen LogP contribution in [0.15, 0.2) is 0 Å². The third-order valence-electron chi connectivity index (χ3n) is 4.96. The summed E-state index contributed by atoms with van der Waals surface area (Å²) < 4.78 is 0. The molecule has 0 radical (unpaired) electrons. The Bertz CT molecular complexity index is 468. The molecule has 1 aliphatic carbocycles. The van der Waals surface area contributed by atoms with Crippen LogP contribution in [0.2, 0.25) is 0 Å². The van der Waals surface area contributed by atoms with Crippen LogP contribution in [0, 0.1) is 11.8 Å². The third kappa shape index (κ3) is 4.24. The second kappa shape index (κ2) is 7.32. The molecule has 4 amide bonds. The van der Waals surface area contributed by atoms with Crippen LogP contribution in [-0.4, -0.2) is 41.4 Å². The quantitative estimate of drug-likeness (QED) is 0.580. The predicted molar refractivity (Wildman–Crippen MR) is 87.7 cm³/mol. The van der Waals surface area contributed by atoms with Gasteiger partial charge in [-0.05, 0) is 50.4 Å². The number of nitrogens with zero attached hydrogens (tertiary/aromatic N) is 1. The van der Waals surface area contributed by atoms with E-state index in [1.807, 2.05) is 0 Å². The normalized spacial score (nSPS) is 27.7. The highest BCUT2D eigenvalue weighted by atomic mass is 16.2. The van der Waals surface area contributed by atoms with Gasteiger partial charge in [0.2, 0.25) is 5.91 Å². The fourth-order valence-corrected chi connectivity index (χ4v) is 3.35. The number of rotatable bonds is 6. The Kier molecular flexibility index (Phi) is 5.65. The van der Waals surface area contributed by atoms with Crippen molar-refractivity contribution >= 4 is 17.8 Å². The number of carbonyl (C=O) groups is 3. The van der Waals surface area contributed by atoms with Gasteiger partial charge in [-0.2, -0.15) is 0 Å². The van der Waals surface area contributed by atoms with Crippen molar-refractivity contribution in [3.05, 3.63) is 0 Å². The molecule has 6 heteroatoms. The van der Waals surface area contributed by atoms with Crippen LogP contribution in [0.5, 0.6) is 0 Å². The van der Waals surface area contributed by atoms with Crippen molar-refractivity contribution in [2.45, 2.75) is 64.8 Å². The van der Waals surface area contributed by atoms with Crippen molar-refractivity contribution in [3.8, 4) is 0 Å². The first-order valence-corrected chi connectivity index (χ1v) is 8.75. The van der Waals surface area contributed by atoms with Crippen molar-refractivity contribution in [2.75, 3.05) is 13.1 Å². The first-order chi connectivity index (χ1) is 10.8. The highest BCUT2D eigenvalue weighted by molar-refractivity contribution is 6.09. The largest absolute Gasteiger partial charge is 0.355 e. The molecule has 2 aliphatic rings. The maximum atomic E-state index is 12.6. The summed E-state index contributed by atoms with van der Waals surface area (Å²) in [6, 6.07) is -0.429. The molecule has 1 saturated heterocycles. The molecule has 2 rings (SSSR count). The van der Waals surface area contributed by atoms with Gasteiger partial charge in [-0.25, -0.2) is 4.79 Å². The Morgan fingerprint density at radius 1 is 1.35 bits per heavy atom. The van der Waals surface area contributed by atoms with Crippen molar-refractivity contribution in [3.63, 3.8) is 0 Å². The van der Waals surface area contributed by atoms with Crippen molar-refractivity contribution in [2.24, 2.45) is 11.8 Å². The number of amides is 4. The van der Waals surface area contributed by atoms with Gasteiger partial charge in [0.05, 0.1) is 0 Å². The Labute approximate surface area is 138 Å². The highest BCUT2D eigenvalue weighted by Crippen LogP contribution is 2.36. The summed E-state index contributed by atoms with van der Waals surface area (Å²) in [5.74, 6) is 0.695. The molecule has 0 aromatic rings. The van der Waals surface area contributed by atoms with E-state index in [1.165, 1.54) is 0 Å². The van der Waals surface area contributed by atoms with Crippen LogP contribution in [-0.2, 0) is 9.59 Å². The molecule has 23 heavy (non-hydrogen) atoms. The van der Waals surface area contributed by atoms with E-state index in [2.05, 4.69) is 31.4 Å². The average molecular weight is 323 g/mol. The van der Waals surface area contributed by atoms with Crippen LogP contribution >= 0.6 is 0 Å². The van der Waals surface area contributed by atoms with Gasteiger partial charge in [-0.1, -0.05) is 20.8 Å². The standard InChI is InChI=1S/C17H29N3O3/c1-12(2)5-4-10-18-14(21)11-20-15(22)17(19-16(20)23)8-6-13(3)7-9-17/h12-13H,4-11H2,1-3H3,(H,18,21)(H,19,23). The van der Waals surface area contributed by atoms with Crippen LogP contribution in [0.25, 0.3) is 0 Å². The van der Waals surface area contributed by atoms with Gasteiger partial charge in [0.25, 0.3) is 5.91 Å². The number of nitrogens with one attached hydrogen (secondary N) is 2. The number of carbonyl (C=O) groups excluding carboxylic acids is 3. The maximum absolute atomic E-state index is 12.6. The van der Waals surface area contributed by atoms with E-state index in [-0.39, 0.29) is 18.4 Å². The Hall–Kier alpha value is -1.59. The van der Waals surface area contributed by atoms with Gasteiger partial charge < -0.3 is 10.6 Å². The first kappa shape index (κ1) is 17.8. The van der Waals surface area contributed by atoms with Crippen LogP contribution < -0.4 is 10.6 Å². The highest BCUT2D eigenvalue weighted by Gasteiger charge is 2.52. The molecular formula is C17H29N3O3. The first-order valence-electron chi connectivity index (χ1n) is 8.75. The Balaban J connectivity index is 1.84. The molecule has 1 spiro atoms. The van der Waals surface area contributed by atoms with Crippen LogP contribution in [0.4, 0.5) is 4.79 Å². The maximum Gasteiger partial charge on any atom is 0.325 e. The molecular weight excluding hydrogens is 294 g/mol. The monoisotopic (exact) mass is 323 g/mol. The van der Waals surface area contributed by atoms with E-state index in [9.17, 15) is 14.4 Å². The van der Waals surface area contributed by atoms with Crippen molar-refractivity contribution < 1.29 is 14.4 Å². The minimum Gasteiger partial charge on any atom is -0.355 e. The topological polar surface area (TPSA) is 78.5 Å². The van der Waals surface area contributed by atoms with Gasteiger partial charge in [0.1, 0.15) is 12.1 Å². The SMILES string of the molecule is CC(C)CCCNC(=O)CN1C(=O)NC2(CCC(C)CC2)C1=O. The fraction of sp³-hybridized carbons (Fsp3) is 0.824. The molecule has 1 saturated carbocycles. The van der Waals surface area contributed by atoms with Gasteiger partial charge >= 0.3 is 6.03 Å². The predicted octanol–water partition coefficient (Wildman–Crippen LogP) is 2.04. The lowest BCUT2D eigenvalue weighted by atomic mass is 9.77. The fourth-order valence-electron chi connectivity index (χ4n) is 3.35. The lowest BCUT2D eigenvalue weighted by Crippen LogP contribution is -2.49. The zero-order valence-electron chi connectivity index (χ0n) is 14.5. The molecule has 0 atom stereocenters. The van der Waals surface area contributed by atoms with Gasteiger partial charge in [-0.15, -0.1) is 0 Å². The molecule has 1 aliphatic heterocycles. The molecule has 0 aromatic carbocycles. The van der Waals surface area contributed by atoms with Gasteiger partial charge in [-0.3, -0.25) is 14.5 Å². The summed E-state index contributed by atoms with van der Waals surface area (Å²) in [6.07, 6.45) is 5.16. The van der Waals surface area contributed by atoms with Crippen molar-refractivity contribution in [1.82, 2.24) is 15.5 Å². The lowest BCUT2D eigenvalue weighted by molar-refractivity contribution is -0.136. The molecule has 6 nitrogen and oxygen atoms in total. The van der Waals surface area contributed by atoms with E-state index >= 15 is 0 Å². The molecule has 2 fully saturated rings. The van der Waals surface area contributed by atoms with Crippen LogP contribution in [0.3, 0.4) is 0 Å². The van der Waals surface area contributed by atoms with Crippen molar-refractivity contribution in [1.29, 1.82) is 0 Å². The van der Waals surface area contributed by atoms with E-state index in [0.29, 0.717) is 31.2 Å². The zero-order chi connectivity index (χ0) is 17.0. The third-order valence-corrected chi connectivity index (χ3v) is 4.96. The smallest absolute Gasteiger partial charge is 0.325 e. The lowest BCUT2D eigenvalue weighted by Gasteiger charge is -2.33. The molecule has 2 N–H and O–H groups in total. The molecule has 1 heterocycles. The zero-order valence-corrected chi connectivity index (χ0v) is 14.5. The van der Waals surface area contributed by atoms with Crippen LogP contribution in [0.1, 0.15) is 59.3 Å². The Morgan fingerprint density at radius 2 is 2.00 bits per heavy atom. The number of hydrogen-bond donors (Lipinski definition) is 2. The number of urea groups is 1. The number of hydrogen-bond acceptors (Lipinski definition) is 3. The minimum atomic E-state index is -0.762. The molecule has 0 unspecified atom stereocenters. The van der Waals surface area contributed by atoms with E-state index in [0.717, 1.165) is 30.6 Å². The van der Waals surface area contributed by atoms with E-state index in [4.69, 9.17) is 0 Å². The molecule has 0 bridgehead atoms. The van der Waals surface area contributed by atoms with Gasteiger partial charge in [0.15, 0.2) is 0 Å². The summed E-state index contributed by atoms with van der Waals surface area (Å²) in [5.41, 5.74) is -0.762. The van der Waals surface area contributed by atoms with E-state index in [1.54, 1.807) is 0 Å². The second-order valence-corrected chi connectivity index (χ2v) is 7.47. The summed E-state index contributed by atoms with van der Waals surface area (Å²) in [4.78, 5) is 37.8. The molecule has 0 aromatic heterocycles. The number of imide groups is 1. The van der Waals surface area contributed by atoms with E-state index < -0.39 is 11.6 Å². The Morgan fingerprint density at radius 3 is 2.61 bits per heavy atom. The molecule has 130 valence electrons.